The fourth-order valence-corrected chi connectivity index (χ4v) is 0.853. The van der Waals surface area contributed by atoms with Gasteiger partial charge in [0.25, 0.3) is 0 Å². The van der Waals surface area contributed by atoms with Gasteiger partial charge in [0.05, 0.1) is 0 Å². The van der Waals surface area contributed by atoms with Gasteiger partial charge in [0, 0.05) is 25.2 Å². The average molecular weight is 179 g/mol. The van der Waals surface area contributed by atoms with Crippen LogP contribution in [0.25, 0.3) is 0 Å². The predicted molar refractivity (Wildman–Crippen MR) is 54.6 cm³/mol. The van der Waals surface area contributed by atoms with Crippen molar-refractivity contribution in [2.45, 2.75) is 33.6 Å². The number of hydrogen-bond acceptors (Lipinski definition) is 2. The Bertz CT molecular complexity index is 231. The molecule has 0 saturated heterocycles. The number of ketones is 1. The van der Waals surface area contributed by atoms with Crippen molar-refractivity contribution in [1.29, 1.82) is 0 Å². The molecule has 0 spiro atoms. The van der Waals surface area contributed by atoms with Crippen molar-refractivity contribution in [3.63, 3.8) is 0 Å². The number of pyridine rings is 1. The highest BCUT2D eigenvalue weighted by molar-refractivity contribution is 5.80. The standard InChI is InChI=1S/C9H11NO.C2H6/c1-2-9(11)7-8-3-5-10-6-4-8;1-2/h3-6H,2,7H2,1H3;1-2H3. The van der Waals surface area contributed by atoms with Gasteiger partial charge in [-0.2, -0.15) is 0 Å². The quantitative estimate of drug-likeness (QED) is 0.714. The van der Waals surface area contributed by atoms with Crippen LogP contribution in [-0.2, 0) is 11.2 Å². The molecule has 0 radical (unpaired) electrons. The molecule has 72 valence electrons. The van der Waals surface area contributed by atoms with Crippen LogP contribution in [0.2, 0.25) is 0 Å². The van der Waals surface area contributed by atoms with Crippen molar-refractivity contribution in [3.05, 3.63) is 30.1 Å². The number of aromatic nitrogens is 1. The second-order valence-electron chi connectivity index (χ2n) is 2.42. The number of carbonyl (C=O) groups excluding carboxylic acids is 1. The summed E-state index contributed by atoms with van der Waals surface area (Å²) in [5.41, 5.74) is 1.05. The first-order valence-electron chi connectivity index (χ1n) is 4.73. The Balaban J connectivity index is 0.000000671. The highest BCUT2D eigenvalue weighted by Crippen LogP contribution is 1.99. The van der Waals surface area contributed by atoms with Crippen LogP contribution in [0.5, 0.6) is 0 Å². The Kier molecular flexibility index (Phi) is 6.79. The molecule has 1 rings (SSSR count). The third-order valence-electron chi connectivity index (χ3n) is 1.54. The maximum absolute atomic E-state index is 11.0. The zero-order chi connectivity index (χ0) is 10.1. The van der Waals surface area contributed by atoms with Crippen molar-refractivity contribution in [2.75, 3.05) is 0 Å². The van der Waals surface area contributed by atoms with Crippen molar-refractivity contribution in [3.8, 4) is 0 Å². The fraction of sp³-hybridized carbons (Fsp3) is 0.455. The lowest BCUT2D eigenvalue weighted by atomic mass is 10.1. The maximum atomic E-state index is 11.0. The Labute approximate surface area is 80.0 Å². The molecule has 0 bridgehead atoms. The second kappa shape index (κ2) is 7.47. The normalized spacial score (nSPS) is 8.54. The lowest BCUT2D eigenvalue weighted by Gasteiger charge is -1.95. The van der Waals surface area contributed by atoms with Gasteiger partial charge in [-0.1, -0.05) is 20.8 Å². The monoisotopic (exact) mass is 179 g/mol. The summed E-state index contributed by atoms with van der Waals surface area (Å²) >= 11 is 0. The Morgan fingerprint density at radius 1 is 1.31 bits per heavy atom. The van der Waals surface area contributed by atoms with Crippen molar-refractivity contribution in [2.24, 2.45) is 0 Å². The van der Waals surface area contributed by atoms with E-state index >= 15 is 0 Å². The van der Waals surface area contributed by atoms with Crippen LogP contribution in [0.15, 0.2) is 24.5 Å². The molecule has 1 aromatic rings. The van der Waals surface area contributed by atoms with E-state index in [1.165, 1.54) is 0 Å². The molecule has 0 atom stereocenters. The van der Waals surface area contributed by atoms with E-state index in [1.807, 2.05) is 32.9 Å². The van der Waals surface area contributed by atoms with Gasteiger partial charge in [-0.05, 0) is 17.7 Å². The number of rotatable bonds is 3. The number of carbonyl (C=O) groups is 1. The van der Waals surface area contributed by atoms with E-state index < -0.39 is 0 Å². The molecule has 0 aliphatic carbocycles. The summed E-state index contributed by atoms with van der Waals surface area (Å²) in [7, 11) is 0. The molecule has 1 aromatic heterocycles. The van der Waals surface area contributed by atoms with Crippen LogP contribution in [0.1, 0.15) is 32.8 Å². The molecule has 2 heteroatoms. The zero-order valence-corrected chi connectivity index (χ0v) is 8.58. The van der Waals surface area contributed by atoms with Crippen LogP contribution in [0, 0.1) is 0 Å². The lowest BCUT2D eigenvalue weighted by molar-refractivity contribution is -0.118. The number of hydrogen-bond donors (Lipinski definition) is 0. The molecule has 2 nitrogen and oxygen atoms in total. The molecular weight excluding hydrogens is 162 g/mol. The first-order valence-corrected chi connectivity index (χ1v) is 4.73. The van der Waals surface area contributed by atoms with E-state index in [0.717, 1.165) is 5.56 Å². The van der Waals surface area contributed by atoms with Crippen LogP contribution < -0.4 is 0 Å². The van der Waals surface area contributed by atoms with Crippen LogP contribution in [0.4, 0.5) is 0 Å². The first kappa shape index (κ1) is 11.8. The molecule has 0 aliphatic heterocycles. The van der Waals surface area contributed by atoms with E-state index in [2.05, 4.69) is 4.98 Å². The fourth-order valence-electron chi connectivity index (χ4n) is 0.853. The summed E-state index contributed by atoms with van der Waals surface area (Å²) in [6.07, 6.45) is 4.57. The molecule has 0 unspecified atom stereocenters. The van der Waals surface area contributed by atoms with Gasteiger partial charge in [-0.3, -0.25) is 9.78 Å². The Hall–Kier alpha value is -1.18. The van der Waals surface area contributed by atoms with E-state index in [4.69, 9.17) is 0 Å². The molecule has 0 saturated carbocycles. The third-order valence-corrected chi connectivity index (χ3v) is 1.54. The maximum Gasteiger partial charge on any atom is 0.136 e. The first-order chi connectivity index (χ1) is 6.33. The molecule has 0 fully saturated rings. The highest BCUT2D eigenvalue weighted by Gasteiger charge is 1.98. The summed E-state index contributed by atoms with van der Waals surface area (Å²) in [6.45, 7) is 5.88. The van der Waals surface area contributed by atoms with Crippen LogP contribution >= 0.6 is 0 Å². The van der Waals surface area contributed by atoms with E-state index in [-0.39, 0.29) is 5.78 Å². The van der Waals surface area contributed by atoms with E-state index in [0.29, 0.717) is 12.8 Å². The predicted octanol–water partition coefficient (Wildman–Crippen LogP) is 2.63. The highest BCUT2D eigenvalue weighted by atomic mass is 16.1. The van der Waals surface area contributed by atoms with E-state index in [9.17, 15) is 4.79 Å². The number of Topliss-reactive ketones (excluding diaryl/α,β-unsaturated/α-hetero) is 1. The largest absolute Gasteiger partial charge is 0.299 e. The van der Waals surface area contributed by atoms with E-state index in [1.54, 1.807) is 12.4 Å². The second-order valence-corrected chi connectivity index (χ2v) is 2.42. The van der Waals surface area contributed by atoms with Gasteiger partial charge in [0.2, 0.25) is 0 Å². The molecular formula is C11H17NO. The minimum atomic E-state index is 0.274. The smallest absolute Gasteiger partial charge is 0.136 e. The number of nitrogens with zero attached hydrogens (tertiary/aromatic N) is 1. The minimum absolute atomic E-state index is 0.274. The van der Waals surface area contributed by atoms with Gasteiger partial charge in [0.1, 0.15) is 5.78 Å². The van der Waals surface area contributed by atoms with Gasteiger partial charge < -0.3 is 0 Å². The summed E-state index contributed by atoms with van der Waals surface area (Å²) in [5.74, 6) is 0.274. The van der Waals surface area contributed by atoms with Crippen LogP contribution in [-0.4, -0.2) is 10.8 Å². The Morgan fingerprint density at radius 2 is 1.85 bits per heavy atom. The summed E-state index contributed by atoms with van der Waals surface area (Å²) in [5, 5.41) is 0. The van der Waals surface area contributed by atoms with Crippen molar-refractivity contribution < 1.29 is 4.79 Å². The minimum Gasteiger partial charge on any atom is -0.299 e. The SMILES string of the molecule is CC.CCC(=O)Cc1ccncc1. The summed E-state index contributed by atoms with van der Waals surface area (Å²) in [4.78, 5) is 14.8. The molecule has 0 amide bonds. The Morgan fingerprint density at radius 3 is 2.31 bits per heavy atom. The van der Waals surface area contributed by atoms with Gasteiger partial charge in [-0.25, -0.2) is 0 Å². The molecule has 0 aromatic carbocycles. The summed E-state index contributed by atoms with van der Waals surface area (Å²) < 4.78 is 0. The van der Waals surface area contributed by atoms with Gasteiger partial charge in [0.15, 0.2) is 0 Å². The molecule has 13 heavy (non-hydrogen) atoms. The zero-order valence-electron chi connectivity index (χ0n) is 8.58. The van der Waals surface area contributed by atoms with Crippen LogP contribution in [0.3, 0.4) is 0 Å². The molecule has 0 aliphatic rings. The van der Waals surface area contributed by atoms with Gasteiger partial charge in [-0.15, -0.1) is 0 Å². The lowest BCUT2D eigenvalue weighted by Crippen LogP contribution is -1.99. The molecule has 0 N–H and O–H groups in total. The molecule has 1 heterocycles. The topological polar surface area (TPSA) is 30.0 Å². The third kappa shape index (κ3) is 5.12. The van der Waals surface area contributed by atoms with Crippen molar-refractivity contribution >= 4 is 5.78 Å². The average Bonchev–Trinajstić information content (AvgIpc) is 2.22. The summed E-state index contributed by atoms with van der Waals surface area (Å²) in [6, 6.07) is 3.74. The van der Waals surface area contributed by atoms with Crippen molar-refractivity contribution in [1.82, 2.24) is 4.98 Å². The van der Waals surface area contributed by atoms with Gasteiger partial charge >= 0.3 is 0 Å².